The number of aliphatic carboxylic acids is 1. The first-order valence-corrected chi connectivity index (χ1v) is 11.5. The zero-order valence-electron chi connectivity index (χ0n) is 17.4. The van der Waals surface area contributed by atoms with E-state index in [1.54, 1.807) is 24.3 Å². The highest BCUT2D eigenvalue weighted by molar-refractivity contribution is 7.90. The molecule has 0 atom stereocenters. The van der Waals surface area contributed by atoms with Gasteiger partial charge < -0.3 is 5.11 Å². The van der Waals surface area contributed by atoms with Gasteiger partial charge in [-0.1, -0.05) is 36.4 Å². The maximum atomic E-state index is 14.5. The first-order valence-electron chi connectivity index (χ1n) is 10.0. The zero-order chi connectivity index (χ0) is 24.7. The van der Waals surface area contributed by atoms with Crippen LogP contribution in [0.15, 0.2) is 77.8 Å². The SMILES string of the molecule is O=C(O)CCc1cn(S(=O)(=O)c2cccc(-c3ccc(C(F)(F)F)cc3F)c2)c2ccccc12. The molecule has 0 amide bonds. The number of aryl methyl sites for hydroxylation is 1. The molecule has 34 heavy (non-hydrogen) atoms. The lowest BCUT2D eigenvalue weighted by Crippen LogP contribution is -2.12. The molecule has 176 valence electrons. The Bertz CT molecular complexity index is 1510. The molecule has 10 heteroatoms. The average molecular weight is 491 g/mol. The van der Waals surface area contributed by atoms with Crippen molar-refractivity contribution in [2.75, 3.05) is 0 Å². The number of hydrogen-bond acceptors (Lipinski definition) is 3. The van der Waals surface area contributed by atoms with Crippen LogP contribution < -0.4 is 0 Å². The lowest BCUT2D eigenvalue weighted by Gasteiger charge is -2.11. The summed E-state index contributed by atoms with van der Waals surface area (Å²) in [6.45, 7) is 0. The molecule has 1 heterocycles. The number of carboxylic acids is 1. The second-order valence-electron chi connectivity index (χ2n) is 7.59. The van der Waals surface area contributed by atoms with Crippen LogP contribution in [0.4, 0.5) is 17.6 Å². The Morgan fingerprint density at radius 1 is 0.971 bits per heavy atom. The topological polar surface area (TPSA) is 76.4 Å². The van der Waals surface area contributed by atoms with Crippen LogP contribution in [0.25, 0.3) is 22.0 Å². The van der Waals surface area contributed by atoms with Crippen molar-refractivity contribution in [2.24, 2.45) is 0 Å². The molecule has 0 saturated carbocycles. The van der Waals surface area contributed by atoms with Crippen molar-refractivity contribution < 1.29 is 35.9 Å². The fourth-order valence-electron chi connectivity index (χ4n) is 3.72. The molecule has 3 aromatic carbocycles. The fourth-order valence-corrected chi connectivity index (χ4v) is 5.16. The van der Waals surface area contributed by atoms with Gasteiger partial charge in [-0.25, -0.2) is 16.8 Å². The van der Waals surface area contributed by atoms with Crippen molar-refractivity contribution in [3.8, 4) is 11.1 Å². The summed E-state index contributed by atoms with van der Waals surface area (Å²) in [5, 5.41) is 9.58. The van der Waals surface area contributed by atoms with E-state index in [1.165, 1.54) is 30.5 Å². The minimum Gasteiger partial charge on any atom is -0.481 e. The summed E-state index contributed by atoms with van der Waals surface area (Å²) in [6, 6.07) is 13.9. The lowest BCUT2D eigenvalue weighted by atomic mass is 10.0. The number of nitrogens with zero attached hydrogens (tertiary/aromatic N) is 1. The molecule has 0 aliphatic carbocycles. The van der Waals surface area contributed by atoms with Crippen LogP contribution in [0.3, 0.4) is 0 Å². The van der Waals surface area contributed by atoms with Crippen LogP contribution in [0.1, 0.15) is 17.5 Å². The minimum absolute atomic E-state index is 0.0925. The first-order chi connectivity index (χ1) is 16.0. The van der Waals surface area contributed by atoms with Gasteiger partial charge in [-0.2, -0.15) is 13.2 Å². The third-order valence-electron chi connectivity index (χ3n) is 5.37. The Hall–Kier alpha value is -3.66. The third kappa shape index (κ3) is 4.41. The Balaban J connectivity index is 1.79. The standard InChI is InChI=1S/C24H17F4NO4S/c25-21-13-17(24(26,27)28)9-10-19(21)15-4-3-5-18(12-15)34(32,33)29-14-16(8-11-23(30)31)20-6-1-2-7-22(20)29/h1-7,9-10,12-14H,8,11H2,(H,30,31). The van der Waals surface area contributed by atoms with Gasteiger partial charge in [0.25, 0.3) is 10.0 Å². The van der Waals surface area contributed by atoms with Gasteiger partial charge in [0.15, 0.2) is 0 Å². The summed E-state index contributed by atoms with van der Waals surface area (Å²) >= 11 is 0. The summed E-state index contributed by atoms with van der Waals surface area (Å²) in [7, 11) is -4.19. The number of fused-ring (bicyclic) bond motifs is 1. The van der Waals surface area contributed by atoms with Crippen molar-refractivity contribution in [3.63, 3.8) is 0 Å². The van der Waals surface area contributed by atoms with E-state index >= 15 is 0 Å². The summed E-state index contributed by atoms with van der Waals surface area (Å²) in [6.07, 6.45) is -3.42. The van der Waals surface area contributed by atoms with E-state index in [2.05, 4.69) is 0 Å². The van der Waals surface area contributed by atoms with E-state index in [1.807, 2.05) is 0 Å². The zero-order valence-corrected chi connectivity index (χ0v) is 18.2. The van der Waals surface area contributed by atoms with Crippen LogP contribution in [0.5, 0.6) is 0 Å². The maximum absolute atomic E-state index is 14.5. The number of aromatic nitrogens is 1. The minimum atomic E-state index is -4.71. The van der Waals surface area contributed by atoms with E-state index < -0.39 is 33.5 Å². The number of alkyl halides is 3. The lowest BCUT2D eigenvalue weighted by molar-refractivity contribution is -0.138. The van der Waals surface area contributed by atoms with E-state index in [-0.39, 0.29) is 28.9 Å². The molecule has 0 saturated heterocycles. The molecular weight excluding hydrogens is 474 g/mol. The molecule has 0 aliphatic rings. The van der Waals surface area contributed by atoms with Gasteiger partial charge in [-0.3, -0.25) is 4.79 Å². The summed E-state index contributed by atoms with van der Waals surface area (Å²) in [5.74, 6) is -2.15. The number of para-hydroxylation sites is 1. The van der Waals surface area contributed by atoms with Crippen molar-refractivity contribution in [3.05, 3.63) is 89.9 Å². The van der Waals surface area contributed by atoms with Gasteiger partial charge in [0.1, 0.15) is 5.82 Å². The van der Waals surface area contributed by atoms with E-state index in [4.69, 9.17) is 5.11 Å². The molecule has 0 fully saturated rings. The number of rotatable bonds is 6. The quantitative estimate of drug-likeness (QED) is 0.350. The Morgan fingerprint density at radius 3 is 2.38 bits per heavy atom. The molecule has 0 radical (unpaired) electrons. The molecule has 0 unspecified atom stereocenters. The molecule has 5 nitrogen and oxygen atoms in total. The average Bonchev–Trinajstić information content (AvgIpc) is 3.17. The summed E-state index contributed by atoms with van der Waals surface area (Å²) < 4.78 is 81.0. The van der Waals surface area contributed by atoms with Crippen molar-refractivity contribution in [1.29, 1.82) is 0 Å². The number of carbonyl (C=O) groups is 1. The predicted molar refractivity (Wildman–Crippen MR) is 117 cm³/mol. The summed E-state index contributed by atoms with van der Waals surface area (Å²) in [5.41, 5.74) is -0.356. The van der Waals surface area contributed by atoms with Gasteiger partial charge in [-0.05, 0) is 47.9 Å². The Kier molecular flexibility index (Phi) is 5.94. The van der Waals surface area contributed by atoms with Crippen LogP contribution >= 0.6 is 0 Å². The largest absolute Gasteiger partial charge is 0.481 e. The van der Waals surface area contributed by atoms with Gasteiger partial charge in [0.05, 0.1) is 16.0 Å². The molecule has 1 N–H and O–H groups in total. The first kappa shape index (κ1) is 23.5. The molecule has 4 aromatic rings. The maximum Gasteiger partial charge on any atom is 0.416 e. The van der Waals surface area contributed by atoms with E-state index in [9.17, 15) is 30.8 Å². The van der Waals surface area contributed by atoms with Crippen molar-refractivity contribution in [2.45, 2.75) is 23.9 Å². The van der Waals surface area contributed by atoms with Gasteiger partial charge in [-0.15, -0.1) is 0 Å². The van der Waals surface area contributed by atoms with Crippen molar-refractivity contribution in [1.82, 2.24) is 3.97 Å². The molecule has 0 bridgehead atoms. The molecular formula is C24H17F4NO4S. The third-order valence-corrected chi connectivity index (χ3v) is 7.04. The van der Waals surface area contributed by atoms with Crippen LogP contribution in [-0.2, 0) is 27.4 Å². The molecule has 0 aliphatic heterocycles. The van der Waals surface area contributed by atoms with Gasteiger partial charge >= 0.3 is 12.1 Å². The highest BCUT2D eigenvalue weighted by Crippen LogP contribution is 2.34. The number of hydrogen-bond donors (Lipinski definition) is 1. The van der Waals surface area contributed by atoms with Gasteiger partial charge in [0, 0.05) is 23.6 Å². The van der Waals surface area contributed by atoms with Crippen molar-refractivity contribution >= 4 is 26.9 Å². The normalized spacial score (nSPS) is 12.2. The number of benzene rings is 3. The van der Waals surface area contributed by atoms with Gasteiger partial charge in [0.2, 0.25) is 0 Å². The number of carboxylic acid groups (broad SMARTS) is 1. The predicted octanol–water partition coefficient (Wildman–Crippen LogP) is 5.72. The highest BCUT2D eigenvalue weighted by Gasteiger charge is 2.31. The van der Waals surface area contributed by atoms with E-state index in [0.29, 0.717) is 22.5 Å². The fraction of sp³-hybridized carbons (Fsp3) is 0.125. The highest BCUT2D eigenvalue weighted by atomic mass is 32.2. The van der Waals surface area contributed by atoms with Crippen LogP contribution in [0.2, 0.25) is 0 Å². The second kappa shape index (κ2) is 8.60. The van der Waals surface area contributed by atoms with E-state index in [0.717, 1.165) is 16.1 Å². The Labute approximate surface area is 191 Å². The molecule has 0 spiro atoms. The van der Waals surface area contributed by atoms with Crippen LogP contribution in [0, 0.1) is 5.82 Å². The number of halogens is 4. The molecule has 1 aromatic heterocycles. The monoisotopic (exact) mass is 491 g/mol. The summed E-state index contributed by atoms with van der Waals surface area (Å²) in [4.78, 5) is 10.8. The van der Waals surface area contributed by atoms with Crippen LogP contribution in [-0.4, -0.2) is 23.5 Å². The second-order valence-corrected chi connectivity index (χ2v) is 9.40. The smallest absolute Gasteiger partial charge is 0.416 e. The molecule has 4 rings (SSSR count). The Morgan fingerprint density at radius 2 is 1.71 bits per heavy atom.